The molecule has 0 bridgehead atoms. The maximum Gasteiger partial charge on any atom is 0.410 e. The standard InChI is InChI=1S/C26H34FN5O6/c1-14(18-11-16(27)8-9-17(18)24(33)34)37-20-10-15(12-31-22(20)28)21(23(29)36-7)19(30-5)13-32(6)25(35)38-26(2,3)4/h8-12,14,29-30H,13H2,1-7H3,(H2,28,31)(H,33,34)/b21-19-,29-23?/t14-/m1/s1. The van der Waals surface area contributed by atoms with Crippen molar-refractivity contribution in [2.75, 3.05) is 33.5 Å². The summed E-state index contributed by atoms with van der Waals surface area (Å²) < 4.78 is 30.4. The molecule has 206 valence electrons. The van der Waals surface area contributed by atoms with Crippen molar-refractivity contribution in [1.29, 1.82) is 5.41 Å². The van der Waals surface area contributed by atoms with E-state index in [1.807, 2.05) is 0 Å². The summed E-state index contributed by atoms with van der Waals surface area (Å²) in [5.41, 5.74) is 6.40. The molecule has 0 aliphatic heterocycles. The van der Waals surface area contributed by atoms with Crippen molar-refractivity contribution < 1.29 is 33.3 Å². The van der Waals surface area contributed by atoms with Crippen molar-refractivity contribution in [2.24, 2.45) is 0 Å². The van der Waals surface area contributed by atoms with Crippen molar-refractivity contribution in [1.82, 2.24) is 15.2 Å². The summed E-state index contributed by atoms with van der Waals surface area (Å²) in [4.78, 5) is 29.6. The second-order valence-electron chi connectivity index (χ2n) is 9.38. The van der Waals surface area contributed by atoms with E-state index in [9.17, 15) is 19.1 Å². The van der Waals surface area contributed by atoms with E-state index in [-0.39, 0.29) is 40.7 Å². The average Bonchev–Trinajstić information content (AvgIpc) is 2.83. The highest BCUT2D eigenvalue weighted by molar-refractivity contribution is 6.19. The molecule has 2 aromatic rings. The van der Waals surface area contributed by atoms with Crippen LogP contribution in [0.2, 0.25) is 0 Å². The Morgan fingerprint density at radius 1 is 1.29 bits per heavy atom. The number of rotatable bonds is 9. The number of methoxy groups -OCH3 is 1. The van der Waals surface area contributed by atoms with Gasteiger partial charge in [0.15, 0.2) is 11.6 Å². The fourth-order valence-electron chi connectivity index (χ4n) is 3.47. The Morgan fingerprint density at radius 2 is 1.95 bits per heavy atom. The number of amides is 1. The predicted molar refractivity (Wildman–Crippen MR) is 141 cm³/mol. The number of nitrogens with one attached hydrogen (secondary N) is 2. The Hall–Kier alpha value is -4.35. The van der Waals surface area contributed by atoms with Gasteiger partial charge in [0.25, 0.3) is 0 Å². The topological polar surface area (TPSA) is 160 Å². The molecule has 0 aliphatic rings. The van der Waals surface area contributed by atoms with E-state index in [0.717, 1.165) is 18.2 Å². The van der Waals surface area contributed by atoms with E-state index in [1.54, 1.807) is 41.8 Å². The number of benzene rings is 1. The molecule has 0 saturated heterocycles. The van der Waals surface area contributed by atoms with Gasteiger partial charge in [0.05, 0.1) is 24.8 Å². The van der Waals surface area contributed by atoms with Crippen molar-refractivity contribution in [3.8, 4) is 5.75 Å². The van der Waals surface area contributed by atoms with E-state index in [1.165, 1.54) is 24.3 Å². The van der Waals surface area contributed by atoms with Gasteiger partial charge in [-0.05, 0) is 52.0 Å². The number of aromatic carboxylic acids is 1. The number of pyridine rings is 1. The van der Waals surface area contributed by atoms with E-state index in [0.29, 0.717) is 11.3 Å². The summed E-state index contributed by atoms with van der Waals surface area (Å²) in [7, 11) is 4.51. The molecule has 0 unspecified atom stereocenters. The smallest absolute Gasteiger partial charge is 0.410 e. The number of nitrogen functional groups attached to an aromatic ring is 1. The fraction of sp³-hybridized carbons (Fsp3) is 0.385. The Labute approximate surface area is 220 Å². The van der Waals surface area contributed by atoms with Gasteiger partial charge < -0.3 is 35.3 Å². The maximum atomic E-state index is 13.9. The average molecular weight is 532 g/mol. The number of anilines is 1. The number of carbonyl (C=O) groups is 2. The number of carboxylic acid groups (broad SMARTS) is 1. The van der Waals surface area contributed by atoms with Crippen LogP contribution in [-0.2, 0) is 9.47 Å². The van der Waals surface area contributed by atoms with E-state index >= 15 is 0 Å². The van der Waals surface area contributed by atoms with Crippen molar-refractivity contribution in [2.45, 2.75) is 39.4 Å². The van der Waals surface area contributed by atoms with Gasteiger partial charge in [-0.15, -0.1) is 0 Å². The summed E-state index contributed by atoms with van der Waals surface area (Å²) in [6, 6.07) is 4.80. The minimum atomic E-state index is -1.23. The maximum absolute atomic E-state index is 13.9. The van der Waals surface area contributed by atoms with Crippen LogP contribution >= 0.6 is 0 Å². The molecule has 0 fully saturated rings. The molecule has 1 amide bonds. The molecular weight excluding hydrogens is 497 g/mol. The van der Waals surface area contributed by atoms with Crippen LogP contribution in [0.3, 0.4) is 0 Å². The van der Waals surface area contributed by atoms with Crippen LogP contribution in [0.25, 0.3) is 5.57 Å². The third-order valence-corrected chi connectivity index (χ3v) is 5.29. The highest BCUT2D eigenvalue weighted by Gasteiger charge is 2.24. The minimum Gasteiger partial charge on any atom is -0.482 e. The third kappa shape index (κ3) is 7.58. The first-order valence-electron chi connectivity index (χ1n) is 11.6. The molecule has 11 nitrogen and oxygen atoms in total. The molecule has 2 rings (SSSR count). The second-order valence-corrected chi connectivity index (χ2v) is 9.38. The molecule has 1 aromatic carbocycles. The molecule has 0 radical (unpaired) electrons. The van der Waals surface area contributed by atoms with Gasteiger partial charge in [-0.2, -0.15) is 0 Å². The first-order chi connectivity index (χ1) is 17.7. The largest absolute Gasteiger partial charge is 0.482 e. The highest BCUT2D eigenvalue weighted by Crippen LogP contribution is 2.32. The first kappa shape index (κ1) is 29.9. The van der Waals surface area contributed by atoms with Crippen LogP contribution in [0.1, 0.15) is 55.3 Å². The van der Waals surface area contributed by atoms with Crippen LogP contribution in [0.4, 0.5) is 15.0 Å². The zero-order valence-electron chi connectivity index (χ0n) is 22.5. The number of halogens is 1. The molecule has 1 heterocycles. The van der Waals surface area contributed by atoms with Gasteiger partial charge in [0.2, 0.25) is 5.90 Å². The normalized spacial score (nSPS) is 12.6. The number of carbonyl (C=O) groups excluding carboxylic acids is 1. The number of carboxylic acids is 1. The molecule has 38 heavy (non-hydrogen) atoms. The summed E-state index contributed by atoms with van der Waals surface area (Å²) in [6.45, 7) is 6.85. The van der Waals surface area contributed by atoms with Crippen LogP contribution < -0.4 is 15.8 Å². The second kappa shape index (κ2) is 12.3. The lowest BCUT2D eigenvalue weighted by Crippen LogP contribution is -2.37. The minimum absolute atomic E-state index is 0.00550. The Kier molecular flexibility index (Phi) is 9.64. The lowest BCUT2D eigenvalue weighted by Gasteiger charge is -2.26. The predicted octanol–water partition coefficient (Wildman–Crippen LogP) is 4.06. The number of hydrogen-bond donors (Lipinski definition) is 4. The zero-order chi connectivity index (χ0) is 28.8. The van der Waals surface area contributed by atoms with Crippen molar-refractivity contribution in [3.63, 3.8) is 0 Å². The van der Waals surface area contributed by atoms with Crippen LogP contribution in [0.15, 0.2) is 36.2 Å². The lowest BCUT2D eigenvalue weighted by molar-refractivity contribution is 0.0311. The van der Waals surface area contributed by atoms with E-state index in [4.69, 9.17) is 25.4 Å². The number of ether oxygens (including phenoxy) is 3. The number of aromatic nitrogens is 1. The van der Waals surface area contributed by atoms with Gasteiger partial charge >= 0.3 is 12.1 Å². The molecule has 5 N–H and O–H groups in total. The monoisotopic (exact) mass is 531 g/mol. The van der Waals surface area contributed by atoms with Crippen molar-refractivity contribution in [3.05, 3.63) is 58.7 Å². The van der Waals surface area contributed by atoms with Gasteiger partial charge in [0.1, 0.15) is 17.5 Å². The number of likely N-dealkylation sites (N-methyl/N-ethyl adjacent to an activating group) is 2. The first-order valence-corrected chi connectivity index (χ1v) is 11.6. The Morgan fingerprint density at radius 3 is 2.50 bits per heavy atom. The molecular formula is C26H34FN5O6. The Bertz CT molecular complexity index is 1240. The third-order valence-electron chi connectivity index (χ3n) is 5.29. The zero-order valence-corrected chi connectivity index (χ0v) is 22.5. The van der Waals surface area contributed by atoms with Crippen LogP contribution in [0, 0.1) is 11.2 Å². The van der Waals surface area contributed by atoms with E-state index in [2.05, 4.69) is 10.3 Å². The molecule has 1 aromatic heterocycles. The molecule has 1 atom stereocenters. The summed E-state index contributed by atoms with van der Waals surface area (Å²) >= 11 is 0. The fourth-order valence-corrected chi connectivity index (χ4v) is 3.47. The van der Waals surface area contributed by atoms with Gasteiger partial charge in [0, 0.05) is 37.1 Å². The number of nitrogens with two attached hydrogens (primary N) is 1. The number of hydrogen-bond acceptors (Lipinski definition) is 9. The quantitative estimate of drug-likeness (QED) is 0.276. The van der Waals surface area contributed by atoms with E-state index < -0.39 is 29.6 Å². The van der Waals surface area contributed by atoms with Crippen LogP contribution in [-0.4, -0.2) is 66.3 Å². The van der Waals surface area contributed by atoms with Gasteiger partial charge in [-0.25, -0.2) is 19.0 Å². The van der Waals surface area contributed by atoms with Gasteiger partial charge in [-0.1, -0.05) is 0 Å². The Balaban J connectivity index is 2.51. The summed E-state index contributed by atoms with van der Waals surface area (Å²) in [5, 5.41) is 20.9. The molecule has 12 heteroatoms. The molecule has 0 aliphatic carbocycles. The van der Waals surface area contributed by atoms with Crippen molar-refractivity contribution >= 4 is 29.4 Å². The SMILES string of the molecule is CN/C(CN(C)C(=O)OC(C)(C)C)=C(\C(=N)OC)c1cnc(N)c(O[C@H](C)c2cc(F)ccc2C(=O)O)c1. The number of nitrogens with zero attached hydrogens (tertiary/aromatic N) is 2. The molecule has 0 saturated carbocycles. The van der Waals surface area contributed by atoms with Gasteiger partial charge in [-0.3, -0.25) is 5.41 Å². The lowest BCUT2D eigenvalue weighted by atomic mass is 10.0. The summed E-state index contributed by atoms with van der Waals surface area (Å²) in [6.07, 6.45) is -0.0653. The highest BCUT2D eigenvalue weighted by atomic mass is 19.1. The molecule has 0 spiro atoms. The van der Waals surface area contributed by atoms with Crippen LogP contribution in [0.5, 0.6) is 5.75 Å². The summed E-state index contributed by atoms with van der Waals surface area (Å²) in [5.74, 6) is -2.01.